The molecule has 5 rings (SSSR count). The van der Waals surface area contributed by atoms with Gasteiger partial charge in [-0.05, 0) is 40.8 Å². The van der Waals surface area contributed by atoms with E-state index in [2.05, 4.69) is 20.4 Å². The van der Waals surface area contributed by atoms with Gasteiger partial charge in [0.25, 0.3) is 11.5 Å². The lowest BCUT2D eigenvalue weighted by Crippen LogP contribution is -2.23. The van der Waals surface area contributed by atoms with Crippen molar-refractivity contribution in [3.63, 3.8) is 0 Å². The minimum absolute atomic E-state index is 0.183. The first-order valence-corrected chi connectivity index (χ1v) is 12.1. The van der Waals surface area contributed by atoms with Crippen LogP contribution in [0.3, 0.4) is 0 Å². The number of nitrogens with zero attached hydrogens (tertiary/aromatic N) is 3. The van der Waals surface area contributed by atoms with Crippen LogP contribution < -0.4 is 15.6 Å². The molecule has 9 heteroatoms. The van der Waals surface area contributed by atoms with Crippen LogP contribution in [0.2, 0.25) is 0 Å². The molecule has 5 aromatic rings. The van der Waals surface area contributed by atoms with Crippen LogP contribution in [-0.4, -0.2) is 32.3 Å². The second-order valence-corrected chi connectivity index (χ2v) is 8.91. The van der Waals surface area contributed by atoms with E-state index in [1.165, 1.54) is 22.1 Å². The van der Waals surface area contributed by atoms with E-state index in [4.69, 9.17) is 4.74 Å². The Balaban J connectivity index is 1.40. The molecule has 3 aromatic heterocycles. The minimum atomic E-state index is -0.357. The number of nitrogens with one attached hydrogen (secondary N) is 2. The van der Waals surface area contributed by atoms with Gasteiger partial charge in [0, 0.05) is 17.8 Å². The quantitative estimate of drug-likeness (QED) is 0.329. The maximum Gasteiger partial charge on any atom is 0.263 e. The van der Waals surface area contributed by atoms with Gasteiger partial charge in [-0.15, -0.1) is 11.3 Å². The van der Waals surface area contributed by atoms with Crippen LogP contribution in [0.15, 0.2) is 76.9 Å². The van der Waals surface area contributed by atoms with Crippen molar-refractivity contribution in [2.45, 2.75) is 19.8 Å². The SMILES string of the molecule is CCCc1cc(=O)[nH]c(-n2nc(-c3cccs3)cc2NC(=O)COc2ccc3ccccc3c2)n1. The van der Waals surface area contributed by atoms with Crippen molar-refractivity contribution in [3.8, 4) is 22.3 Å². The molecule has 0 aliphatic rings. The lowest BCUT2D eigenvalue weighted by molar-refractivity contribution is -0.118. The number of ether oxygens (including phenoxy) is 1. The van der Waals surface area contributed by atoms with Crippen molar-refractivity contribution < 1.29 is 9.53 Å². The molecule has 0 aliphatic heterocycles. The lowest BCUT2D eigenvalue weighted by atomic mass is 10.1. The van der Waals surface area contributed by atoms with E-state index in [-0.39, 0.29) is 24.0 Å². The largest absolute Gasteiger partial charge is 0.484 e. The van der Waals surface area contributed by atoms with Gasteiger partial charge in [-0.3, -0.25) is 14.6 Å². The number of fused-ring (bicyclic) bond motifs is 1. The number of benzene rings is 2. The Bertz CT molecular complexity index is 1540. The van der Waals surface area contributed by atoms with Crippen molar-refractivity contribution in [1.29, 1.82) is 0 Å². The molecule has 0 atom stereocenters. The van der Waals surface area contributed by atoms with Gasteiger partial charge in [0.15, 0.2) is 6.61 Å². The molecule has 2 N–H and O–H groups in total. The third-order valence-corrected chi connectivity index (χ3v) is 6.22. The predicted molar refractivity (Wildman–Crippen MR) is 137 cm³/mol. The molecular formula is C26H23N5O3S. The Labute approximate surface area is 205 Å². The standard InChI is InChI=1S/C26H23N5O3S/c1-2-6-19-14-24(32)29-26(27-19)31-23(15-21(30-31)22-9-5-12-35-22)28-25(33)16-34-20-11-10-17-7-3-4-8-18(17)13-20/h3-5,7-15H,2,6,16H2,1H3,(H,28,33)(H,27,29,32). The van der Waals surface area contributed by atoms with Crippen LogP contribution in [-0.2, 0) is 11.2 Å². The van der Waals surface area contributed by atoms with Crippen LogP contribution >= 0.6 is 11.3 Å². The van der Waals surface area contributed by atoms with Crippen molar-refractivity contribution >= 4 is 33.8 Å². The summed E-state index contributed by atoms with van der Waals surface area (Å²) in [7, 11) is 0. The Morgan fingerprint density at radius 3 is 2.74 bits per heavy atom. The molecule has 8 nitrogen and oxygen atoms in total. The number of carbonyl (C=O) groups is 1. The molecule has 176 valence electrons. The van der Waals surface area contributed by atoms with E-state index in [0.717, 1.165) is 22.1 Å². The third kappa shape index (κ3) is 5.15. The van der Waals surface area contributed by atoms with E-state index < -0.39 is 0 Å². The Morgan fingerprint density at radius 2 is 1.94 bits per heavy atom. The molecule has 1 amide bonds. The molecule has 0 radical (unpaired) electrons. The maximum absolute atomic E-state index is 12.8. The second-order valence-electron chi connectivity index (χ2n) is 7.96. The van der Waals surface area contributed by atoms with Crippen molar-refractivity contribution in [2.24, 2.45) is 0 Å². The van der Waals surface area contributed by atoms with Gasteiger partial charge in [0.05, 0.1) is 4.88 Å². The number of carbonyl (C=O) groups excluding carboxylic acids is 1. The number of anilines is 1. The van der Waals surface area contributed by atoms with Gasteiger partial charge < -0.3 is 10.1 Å². The molecule has 0 saturated carbocycles. The number of aromatic amines is 1. The molecule has 35 heavy (non-hydrogen) atoms. The highest BCUT2D eigenvalue weighted by Gasteiger charge is 2.17. The van der Waals surface area contributed by atoms with Gasteiger partial charge in [-0.25, -0.2) is 4.98 Å². The molecular weight excluding hydrogens is 462 g/mol. The first kappa shape index (κ1) is 22.5. The van der Waals surface area contributed by atoms with Gasteiger partial charge in [0.1, 0.15) is 17.3 Å². The van der Waals surface area contributed by atoms with E-state index in [0.29, 0.717) is 29.4 Å². The summed E-state index contributed by atoms with van der Waals surface area (Å²) >= 11 is 1.53. The third-order valence-electron chi connectivity index (χ3n) is 5.33. The summed E-state index contributed by atoms with van der Waals surface area (Å²) in [5, 5.41) is 11.5. The second kappa shape index (κ2) is 9.94. The monoisotopic (exact) mass is 485 g/mol. The lowest BCUT2D eigenvalue weighted by Gasteiger charge is -2.10. The van der Waals surface area contributed by atoms with Crippen LogP contribution in [0.5, 0.6) is 5.75 Å². The number of aromatic nitrogens is 4. The van der Waals surface area contributed by atoms with Gasteiger partial charge >= 0.3 is 0 Å². The molecule has 0 fully saturated rings. The molecule has 0 saturated heterocycles. The number of rotatable bonds is 8. The zero-order chi connectivity index (χ0) is 24.2. The first-order chi connectivity index (χ1) is 17.1. The fourth-order valence-electron chi connectivity index (χ4n) is 3.74. The summed E-state index contributed by atoms with van der Waals surface area (Å²) in [4.78, 5) is 33.2. The van der Waals surface area contributed by atoms with Crippen LogP contribution in [0.1, 0.15) is 19.0 Å². The smallest absolute Gasteiger partial charge is 0.263 e. The Hall–Kier alpha value is -4.24. The summed E-state index contributed by atoms with van der Waals surface area (Å²) in [5.74, 6) is 0.876. The Morgan fingerprint density at radius 1 is 1.09 bits per heavy atom. The number of hydrogen-bond acceptors (Lipinski definition) is 6. The van der Waals surface area contributed by atoms with Crippen molar-refractivity contribution in [1.82, 2.24) is 19.7 Å². The number of hydrogen-bond donors (Lipinski definition) is 2. The van der Waals surface area contributed by atoms with E-state index in [1.807, 2.05) is 66.9 Å². The predicted octanol–water partition coefficient (Wildman–Crippen LogP) is 4.81. The molecule has 0 spiro atoms. The molecule has 0 aliphatic carbocycles. The van der Waals surface area contributed by atoms with Crippen LogP contribution in [0.4, 0.5) is 5.82 Å². The van der Waals surface area contributed by atoms with Gasteiger partial charge in [-0.1, -0.05) is 49.7 Å². The first-order valence-electron chi connectivity index (χ1n) is 11.2. The summed E-state index contributed by atoms with van der Waals surface area (Å²) < 4.78 is 7.18. The fraction of sp³-hybridized carbons (Fsp3) is 0.154. The van der Waals surface area contributed by atoms with Crippen molar-refractivity contribution in [3.05, 3.63) is 88.2 Å². The topological polar surface area (TPSA) is 102 Å². The minimum Gasteiger partial charge on any atom is -0.484 e. The zero-order valence-corrected chi connectivity index (χ0v) is 19.8. The highest BCUT2D eigenvalue weighted by molar-refractivity contribution is 7.13. The van der Waals surface area contributed by atoms with E-state index in [9.17, 15) is 9.59 Å². The number of thiophene rings is 1. The zero-order valence-electron chi connectivity index (χ0n) is 19.0. The number of aryl methyl sites for hydroxylation is 1. The molecule has 3 heterocycles. The average molecular weight is 486 g/mol. The van der Waals surface area contributed by atoms with Gasteiger partial charge in [0.2, 0.25) is 5.95 Å². The summed E-state index contributed by atoms with van der Waals surface area (Å²) in [5.41, 5.74) is 1.05. The number of H-pyrrole nitrogens is 1. The van der Waals surface area contributed by atoms with Crippen LogP contribution in [0.25, 0.3) is 27.3 Å². The van der Waals surface area contributed by atoms with Crippen LogP contribution in [0, 0.1) is 0 Å². The summed E-state index contributed by atoms with van der Waals surface area (Å²) in [6.45, 7) is 1.84. The summed E-state index contributed by atoms with van der Waals surface area (Å²) in [6.07, 6.45) is 1.52. The average Bonchev–Trinajstić information content (AvgIpc) is 3.53. The molecule has 0 bridgehead atoms. The molecule has 0 unspecified atom stereocenters. The summed E-state index contributed by atoms with van der Waals surface area (Å²) in [6, 6.07) is 20.7. The maximum atomic E-state index is 12.8. The van der Waals surface area contributed by atoms with E-state index >= 15 is 0 Å². The number of amides is 1. The van der Waals surface area contributed by atoms with Crippen molar-refractivity contribution in [2.75, 3.05) is 11.9 Å². The highest BCUT2D eigenvalue weighted by Crippen LogP contribution is 2.27. The molecule has 2 aromatic carbocycles. The van der Waals surface area contributed by atoms with E-state index in [1.54, 1.807) is 6.07 Å². The van der Waals surface area contributed by atoms with Gasteiger partial charge in [-0.2, -0.15) is 9.78 Å². The normalized spacial score (nSPS) is 11.0. The fourth-order valence-corrected chi connectivity index (χ4v) is 4.42. The highest BCUT2D eigenvalue weighted by atomic mass is 32.1. The Kier molecular flexibility index (Phi) is 6.40.